The lowest BCUT2D eigenvalue weighted by Gasteiger charge is -2.23. The molecule has 0 N–H and O–H groups in total. The quantitative estimate of drug-likeness (QED) is 0.574. The van der Waals surface area contributed by atoms with Gasteiger partial charge in [-0.3, -0.25) is 9.10 Å². The SMILES string of the molecule is CCOC(=O)c1ccc(N(CC(=O)OC)S(=O)(=O)c2ccc(OCC)cc2)cc1. The van der Waals surface area contributed by atoms with E-state index in [9.17, 15) is 18.0 Å². The molecule has 2 aromatic rings. The molecular weight excluding hydrogens is 398 g/mol. The standard InChI is InChI=1S/C20H23NO7S/c1-4-27-17-10-12-18(13-11-17)29(24,25)21(14-19(22)26-3)16-8-6-15(7-9-16)20(23)28-5-2/h6-13H,4-5,14H2,1-3H3. The smallest absolute Gasteiger partial charge is 0.338 e. The Morgan fingerprint density at radius 3 is 2.07 bits per heavy atom. The van der Waals surface area contributed by atoms with Crippen molar-refractivity contribution < 1.29 is 32.2 Å². The third-order valence-corrected chi connectivity index (χ3v) is 5.68. The number of methoxy groups -OCH3 is 1. The molecule has 2 aromatic carbocycles. The zero-order chi connectivity index (χ0) is 21.4. The van der Waals surface area contributed by atoms with E-state index in [1.807, 2.05) is 6.92 Å². The molecule has 0 saturated carbocycles. The highest BCUT2D eigenvalue weighted by Crippen LogP contribution is 2.26. The lowest BCUT2D eigenvalue weighted by molar-refractivity contribution is -0.138. The van der Waals surface area contributed by atoms with Crippen LogP contribution < -0.4 is 9.04 Å². The van der Waals surface area contributed by atoms with E-state index in [4.69, 9.17) is 9.47 Å². The summed E-state index contributed by atoms with van der Waals surface area (Å²) in [6.45, 7) is 3.66. The van der Waals surface area contributed by atoms with E-state index in [-0.39, 0.29) is 22.8 Å². The fraction of sp³-hybridized carbons (Fsp3) is 0.300. The van der Waals surface area contributed by atoms with Gasteiger partial charge in [0.25, 0.3) is 10.0 Å². The summed E-state index contributed by atoms with van der Waals surface area (Å²) in [4.78, 5) is 23.6. The van der Waals surface area contributed by atoms with Gasteiger partial charge in [-0.1, -0.05) is 0 Å². The van der Waals surface area contributed by atoms with Gasteiger partial charge in [-0.2, -0.15) is 0 Å². The highest BCUT2D eigenvalue weighted by molar-refractivity contribution is 7.92. The van der Waals surface area contributed by atoms with Gasteiger partial charge in [0.15, 0.2) is 0 Å². The average molecular weight is 421 g/mol. The second kappa shape index (κ2) is 9.92. The first-order chi connectivity index (χ1) is 13.8. The number of anilines is 1. The summed E-state index contributed by atoms with van der Waals surface area (Å²) >= 11 is 0. The summed E-state index contributed by atoms with van der Waals surface area (Å²) < 4.78 is 42.1. The van der Waals surface area contributed by atoms with Crippen molar-refractivity contribution in [2.75, 3.05) is 31.2 Å². The molecule has 8 nitrogen and oxygen atoms in total. The number of carbonyl (C=O) groups excluding carboxylic acids is 2. The molecule has 9 heteroatoms. The first kappa shape index (κ1) is 22.2. The molecule has 0 aliphatic carbocycles. The number of sulfonamides is 1. The Bertz CT molecular complexity index is 938. The van der Waals surface area contributed by atoms with Crippen molar-refractivity contribution in [2.45, 2.75) is 18.7 Å². The maximum absolute atomic E-state index is 13.2. The van der Waals surface area contributed by atoms with Crippen LogP contribution in [0, 0.1) is 0 Å². The highest BCUT2D eigenvalue weighted by Gasteiger charge is 2.28. The van der Waals surface area contributed by atoms with E-state index in [1.165, 1.54) is 55.6 Å². The van der Waals surface area contributed by atoms with Crippen molar-refractivity contribution in [1.82, 2.24) is 0 Å². The minimum Gasteiger partial charge on any atom is -0.494 e. The molecule has 0 bridgehead atoms. The molecule has 0 unspecified atom stereocenters. The van der Waals surface area contributed by atoms with Gasteiger partial charge in [0, 0.05) is 0 Å². The van der Waals surface area contributed by atoms with Crippen LogP contribution in [0.5, 0.6) is 5.75 Å². The van der Waals surface area contributed by atoms with E-state index in [0.717, 1.165) is 4.31 Å². The van der Waals surface area contributed by atoms with Gasteiger partial charge in [-0.25, -0.2) is 13.2 Å². The molecule has 2 rings (SSSR count). The maximum atomic E-state index is 13.2. The van der Waals surface area contributed by atoms with Crippen LogP contribution in [0.2, 0.25) is 0 Å². The summed E-state index contributed by atoms with van der Waals surface area (Å²) in [5.74, 6) is -0.716. The van der Waals surface area contributed by atoms with Crippen LogP contribution in [0.15, 0.2) is 53.4 Å². The molecule has 156 valence electrons. The van der Waals surface area contributed by atoms with Gasteiger partial charge < -0.3 is 14.2 Å². The molecule has 0 fully saturated rings. The predicted molar refractivity (Wildman–Crippen MR) is 107 cm³/mol. The van der Waals surface area contributed by atoms with Crippen molar-refractivity contribution in [3.63, 3.8) is 0 Å². The summed E-state index contributed by atoms with van der Waals surface area (Å²) in [6, 6.07) is 11.6. The zero-order valence-corrected chi connectivity index (χ0v) is 17.3. The van der Waals surface area contributed by atoms with Crippen LogP contribution in [0.25, 0.3) is 0 Å². The Morgan fingerprint density at radius 1 is 0.931 bits per heavy atom. The van der Waals surface area contributed by atoms with E-state index in [1.54, 1.807) is 6.92 Å². The van der Waals surface area contributed by atoms with Crippen LogP contribution in [0.3, 0.4) is 0 Å². The summed E-state index contributed by atoms with van der Waals surface area (Å²) in [5, 5.41) is 0. The Balaban J connectivity index is 2.41. The minimum absolute atomic E-state index is 0.0145. The number of carbonyl (C=O) groups is 2. The van der Waals surface area contributed by atoms with E-state index < -0.39 is 28.5 Å². The third kappa shape index (κ3) is 5.47. The number of hydrogen-bond acceptors (Lipinski definition) is 7. The molecule has 0 aromatic heterocycles. The maximum Gasteiger partial charge on any atom is 0.338 e. The molecule has 0 amide bonds. The van der Waals surface area contributed by atoms with E-state index in [2.05, 4.69) is 4.74 Å². The number of ether oxygens (including phenoxy) is 3. The Kier molecular flexibility index (Phi) is 7.60. The summed E-state index contributed by atoms with van der Waals surface area (Å²) in [7, 11) is -2.90. The Morgan fingerprint density at radius 2 is 1.55 bits per heavy atom. The second-order valence-electron chi connectivity index (χ2n) is 5.76. The highest BCUT2D eigenvalue weighted by atomic mass is 32.2. The van der Waals surface area contributed by atoms with Crippen LogP contribution in [-0.4, -0.2) is 47.2 Å². The zero-order valence-electron chi connectivity index (χ0n) is 16.5. The Labute approximate surface area is 170 Å². The number of nitrogens with zero attached hydrogens (tertiary/aromatic N) is 1. The lowest BCUT2D eigenvalue weighted by atomic mass is 10.2. The number of hydrogen-bond donors (Lipinski definition) is 0. The van der Waals surface area contributed by atoms with Crippen molar-refractivity contribution in [3.8, 4) is 5.75 Å². The molecule has 0 heterocycles. The van der Waals surface area contributed by atoms with E-state index >= 15 is 0 Å². The molecule has 0 aliphatic rings. The van der Waals surface area contributed by atoms with Gasteiger partial charge in [-0.05, 0) is 62.4 Å². The average Bonchev–Trinajstić information content (AvgIpc) is 2.72. The molecule has 0 radical (unpaired) electrons. The van der Waals surface area contributed by atoms with E-state index in [0.29, 0.717) is 12.4 Å². The van der Waals surface area contributed by atoms with Crippen LogP contribution in [0.4, 0.5) is 5.69 Å². The van der Waals surface area contributed by atoms with Gasteiger partial charge in [0.1, 0.15) is 12.3 Å². The fourth-order valence-corrected chi connectivity index (χ4v) is 3.89. The van der Waals surface area contributed by atoms with Gasteiger partial charge in [0.2, 0.25) is 0 Å². The fourth-order valence-electron chi connectivity index (χ4n) is 2.48. The monoisotopic (exact) mass is 421 g/mol. The van der Waals surface area contributed by atoms with Crippen molar-refractivity contribution in [1.29, 1.82) is 0 Å². The predicted octanol–water partition coefficient (Wildman–Crippen LogP) is 2.63. The Hall–Kier alpha value is -3.07. The van der Waals surface area contributed by atoms with Crippen LogP contribution >= 0.6 is 0 Å². The number of benzene rings is 2. The largest absolute Gasteiger partial charge is 0.494 e. The molecule has 0 spiro atoms. The van der Waals surface area contributed by atoms with Crippen molar-refractivity contribution >= 4 is 27.6 Å². The first-order valence-corrected chi connectivity index (χ1v) is 10.4. The number of rotatable bonds is 9. The summed E-state index contributed by atoms with van der Waals surface area (Å²) in [6.07, 6.45) is 0. The molecule has 0 atom stereocenters. The molecule has 0 saturated heterocycles. The minimum atomic E-state index is -4.07. The number of esters is 2. The van der Waals surface area contributed by atoms with Gasteiger partial charge >= 0.3 is 11.9 Å². The van der Waals surface area contributed by atoms with Crippen LogP contribution in [-0.2, 0) is 24.3 Å². The van der Waals surface area contributed by atoms with Crippen molar-refractivity contribution in [3.05, 3.63) is 54.1 Å². The lowest BCUT2D eigenvalue weighted by Crippen LogP contribution is -2.36. The van der Waals surface area contributed by atoms with Gasteiger partial charge in [-0.15, -0.1) is 0 Å². The first-order valence-electron chi connectivity index (χ1n) is 8.93. The van der Waals surface area contributed by atoms with Crippen LogP contribution in [0.1, 0.15) is 24.2 Å². The topological polar surface area (TPSA) is 99.2 Å². The summed E-state index contributed by atoms with van der Waals surface area (Å²) in [5.41, 5.74) is 0.476. The second-order valence-corrected chi connectivity index (χ2v) is 7.62. The molecule has 0 aliphatic heterocycles. The normalized spacial score (nSPS) is 10.9. The third-order valence-electron chi connectivity index (χ3n) is 3.89. The van der Waals surface area contributed by atoms with Gasteiger partial charge in [0.05, 0.1) is 36.5 Å². The van der Waals surface area contributed by atoms with Crippen molar-refractivity contribution in [2.24, 2.45) is 0 Å². The molecule has 29 heavy (non-hydrogen) atoms. The molecular formula is C20H23NO7S.